The molecule has 2 N–H and O–H groups in total. The van der Waals surface area contributed by atoms with Crippen molar-refractivity contribution in [2.75, 3.05) is 13.6 Å². The first-order valence-corrected chi connectivity index (χ1v) is 8.19. The number of halogens is 1. The Morgan fingerprint density at radius 2 is 2.17 bits per heavy atom. The first-order valence-electron chi connectivity index (χ1n) is 8.19. The third-order valence-electron chi connectivity index (χ3n) is 4.86. The minimum Gasteiger partial charge on any atom is -0.488 e. The van der Waals surface area contributed by atoms with Crippen molar-refractivity contribution < 1.29 is 9.47 Å². The van der Waals surface area contributed by atoms with Gasteiger partial charge in [0.15, 0.2) is 5.96 Å². The summed E-state index contributed by atoms with van der Waals surface area (Å²) in [6, 6.07) is 8.65. The molecule has 3 aliphatic heterocycles. The fourth-order valence-electron chi connectivity index (χ4n) is 3.74. The minimum absolute atomic E-state index is 0. The zero-order valence-electron chi connectivity index (χ0n) is 13.3. The molecule has 3 aliphatic rings. The van der Waals surface area contributed by atoms with Crippen LogP contribution in [0.3, 0.4) is 0 Å². The Morgan fingerprint density at radius 1 is 1.30 bits per heavy atom. The first-order chi connectivity index (χ1) is 10.8. The van der Waals surface area contributed by atoms with E-state index in [2.05, 4.69) is 27.8 Å². The summed E-state index contributed by atoms with van der Waals surface area (Å²) in [5.74, 6) is 1.86. The Morgan fingerprint density at radius 3 is 2.87 bits per heavy atom. The summed E-state index contributed by atoms with van der Waals surface area (Å²) in [7, 11) is 1.81. The molecule has 4 unspecified atom stereocenters. The van der Waals surface area contributed by atoms with E-state index in [0.29, 0.717) is 18.2 Å². The maximum absolute atomic E-state index is 5.95. The normalized spacial score (nSPS) is 31.3. The number of nitrogens with one attached hydrogen (secondary N) is 2. The molecule has 0 aromatic heterocycles. The molecule has 0 radical (unpaired) electrons. The largest absolute Gasteiger partial charge is 0.488 e. The van der Waals surface area contributed by atoms with Crippen LogP contribution in [0.4, 0.5) is 0 Å². The van der Waals surface area contributed by atoms with Gasteiger partial charge in [-0.15, -0.1) is 24.0 Å². The number of rotatable bonds is 3. The molecular weight excluding hydrogens is 405 g/mol. The molecule has 0 amide bonds. The number of para-hydroxylation sites is 1. The third-order valence-corrected chi connectivity index (χ3v) is 4.86. The van der Waals surface area contributed by atoms with Crippen LogP contribution in [-0.2, 0) is 11.2 Å². The molecule has 0 saturated carbocycles. The van der Waals surface area contributed by atoms with E-state index in [1.54, 1.807) is 0 Å². The average molecular weight is 429 g/mol. The molecule has 0 spiro atoms. The van der Waals surface area contributed by atoms with Crippen molar-refractivity contribution >= 4 is 29.9 Å². The monoisotopic (exact) mass is 429 g/mol. The van der Waals surface area contributed by atoms with Crippen molar-refractivity contribution in [3.63, 3.8) is 0 Å². The van der Waals surface area contributed by atoms with Gasteiger partial charge in [-0.05, 0) is 30.9 Å². The molecule has 5 nitrogen and oxygen atoms in total. The lowest BCUT2D eigenvalue weighted by Crippen LogP contribution is -2.49. The number of aliphatic imine (C=N–C) groups is 1. The van der Waals surface area contributed by atoms with Crippen LogP contribution in [0, 0.1) is 0 Å². The molecular formula is C17H24IN3O2. The Labute approximate surface area is 154 Å². The molecule has 4 atom stereocenters. The SMILES string of the molecule is CN=C(NCC1Cc2ccccc2O1)NC1CC2CCC1O2.I. The molecule has 1 aromatic rings. The summed E-state index contributed by atoms with van der Waals surface area (Å²) in [6.45, 7) is 0.760. The van der Waals surface area contributed by atoms with Crippen LogP contribution in [0.5, 0.6) is 5.75 Å². The molecule has 0 aliphatic carbocycles. The molecule has 2 saturated heterocycles. The van der Waals surface area contributed by atoms with Crippen LogP contribution in [0.2, 0.25) is 0 Å². The fourth-order valence-corrected chi connectivity index (χ4v) is 3.74. The van der Waals surface area contributed by atoms with Gasteiger partial charge in [0.05, 0.1) is 24.8 Å². The highest BCUT2D eigenvalue weighted by atomic mass is 127. The van der Waals surface area contributed by atoms with Gasteiger partial charge >= 0.3 is 0 Å². The highest BCUT2D eigenvalue weighted by molar-refractivity contribution is 14.0. The molecule has 3 heterocycles. The van der Waals surface area contributed by atoms with Crippen molar-refractivity contribution in [1.82, 2.24) is 10.6 Å². The fraction of sp³-hybridized carbons (Fsp3) is 0.588. The quantitative estimate of drug-likeness (QED) is 0.439. The van der Waals surface area contributed by atoms with Crippen molar-refractivity contribution in [3.05, 3.63) is 29.8 Å². The van der Waals surface area contributed by atoms with Gasteiger partial charge in [0.25, 0.3) is 0 Å². The van der Waals surface area contributed by atoms with Gasteiger partial charge in [-0.1, -0.05) is 18.2 Å². The van der Waals surface area contributed by atoms with Gasteiger partial charge in [0.2, 0.25) is 0 Å². The van der Waals surface area contributed by atoms with E-state index >= 15 is 0 Å². The number of hydrogen-bond acceptors (Lipinski definition) is 3. The Balaban J connectivity index is 0.00000156. The molecule has 23 heavy (non-hydrogen) atoms. The summed E-state index contributed by atoms with van der Waals surface area (Å²) in [5.41, 5.74) is 1.29. The van der Waals surface area contributed by atoms with Crippen LogP contribution in [0.15, 0.2) is 29.3 Å². The number of nitrogens with zero attached hydrogens (tertiary/aromatic N) is 1. The minimum atomic E-state index is 0. The topological polar surface area (TPSA) is 54.9 Å². The standard InChI is InChI=1S/C17H23N3O2.HI/c1-18-17(20-14-9-12-6-7-16(14)21-12)19-10-13-8-11-4-2-3-5-15(11)22-13;/h2-5,12-14,16H,6-10H2,1H3,(H2,18,19,20);1H. The van der Waals surface area contributed by atoms with E-state index in [1.807, 2.05) is 19.2 Å². The van der Waals surface area contributed by atoms with E-state index in [0.717, 1.165) is 31.1 Å². The average Bonchev–Trinajstić information content (AvgIpc) is 3.25. The van der Waals surface area contributed by atoms with Gasteiger partial charge in [-0.2, -0.15) is 0 Å². The first kappa shape index (κ1) is 16.8. The van der Waals surface area contributed by atoms with E-state index in [-0.39, 0.29) is 30.1 Å². The van der Waals surface area contributed by atoms with Crippen LogP contribution < -0.4 is 15.4 Å². The van der Waals surface area contributed by atoms with Crippen molar-refractivity contribution in [2.45, 2.75) is 50.0 Å². The van der Waals surface area contributed by atoms with Gasteiger partial charge < -0.3 is 20.1 Å². The summed E-state index contributed by atoms with van der Waals surface area (Å²) >= 11 is 0. The Kier molecular flexibility index (Phi) is 5.31. The lowest BCUT2D eigenvalue weighted by molar-refractivity contribution is 0.0992. The highest BCUT2D eigenvalue weighted by Gasteiger charge is 2.41. The van der Waals surface area contributed by atoms with Gasteiger partial charge in [-0.3, -0.25) is 4.99 Å². The van der Waals surface area contributed by atoms with Crippen LogP contribution in [0.25, 0.3) is 0 Å². The van der Waals surface area contributed by atoms with Gasteiger partial charge in [0.1, 0.15) is 11.9 Å². The Bertz CT molecular complexity index is 556. The molecule has 4 rings (SSSR count). The second-order valence-electron chi connectivity index (χ2n) is 6.37. The zero-order chi connectivity index (χ0) is 14.9. The van der Waals surface area contributed by atoms with Crippen molar-refractivity contribution in [3.8, 4) is 5.75 Å². The predicted molar refractivity (Wildman–Crippen MR) is 101 cm³/mol. The Hall–Kier alpha value is -1.02. The second kappa shape index (κ2) is 7.25. The molecule has 2 fully saturated rings. The van der Waals surface area contributed by atoms with Crippen LogP contribution in [0.1, 0.15) is 24.8 Å². The molecule has 6 heteroatoms. The maximum Gasteiger partial charge on any atom is 0.191 e. The van der Waals surface area contributed by atoms with Crippen molar-refractivity contribution in [2.24, 2.45) is 4.99 Å². The van der Waals surface area contributed by atoms with Gasteiger partial charge in [-0.25, -0.2) is 0 Å². The van der Waals surface area contributed by atoms with Crippen LogP contribution >= 0.6 is 24.0 Å². The number of fused-ring (bicyclic) bond motifs is 3. The van der Waals surface area contributed by atoms with Crippen molar-refractivity contribution in [1.29, 1.82) is 0 Å². The third kappa shape index (κ3) is 3.57. The lowest BCUT2D eigenvalue weighted by atomic mass is 9.96. The smallest absolute Gasteiger partial charge is 0.191 e. The summed E-state index contributed by atoms with van der Waals surface area (Å²) in [4.78, 5) is 4.33. The molecule has 2 bridgehead atoms. The zero-order valence-corrected chi connectivity index (χ0v) is 15.7. The molecule has 1 aromatic carbocycles. The van der Waals surface area contributed by atoms with E-state index < -0.39 is 0 Å². The van der Waals surface area contributed by atoms with E-state index in [4.69, 9.17) is 9.47 Å². The number of hydrogen-bond donors (Lipinski definition) is 2. The second-order valence-corrected chi connectivity index (χ2v) is 6.37. The van der Waals surface area contributed by atoms with E-state index in [1.165, 1.54) is 18.4 Å². The summed E-state index contributed by atoms with van der Waals surface area (Å²) in [6.07, 6.45) is 5.41. The number of guanidine groups is 1. The number of ether oxygens (including phenoxy) is 2. The summed E-state index contributed by atoms with van der Waals surface area (Å²) in [5, 5.41) is 6.89. The highest BCUT2D eigenvalue weighted by Crippen LogP contribution is 2.34. The maximum atomic E-state index is 5.95. The number of benzene rings is 1. The van der Waals surface area contributed by atoms with Gasteiger partial charge in [0, 0.05) is 13.5 Å². The van der Waals surface area contributed by atoms with Crippen LogP contribution in [-0.4, -0.2) is 43.9 Å². The molecule has 126 valence electrons. The predicted octanol–water partition coefficient (Wildman–Crippen LogP) is 2.09. The van der Waals surface area contributed by atoms with E-state index in [9.17, 15) is 0 Å². The summed E-state index contributed by atoms with van der Waals surface area (Å²) < 4.78 is 11.8. The lowest BCUT2D eigenvalue weighted by Gasteiger charge is -2.23.